The van der Waals surface area contributed by atoms with Crippen molar-refractivity contribution < 1.29 is 14.1 Å². The van der Waals surface area contributed by atoms with Crippen LogP contribution in [0, 0.1) is 0 Å². The second-order valence-corrected chi connectivity index (χ2v) is 17.8. The van der Waals surface area contributed by atoms with Crippen LogP contribution in [0.4, 0.5) is 0 Å². The number of halogens is 1. The van der Waals surface area contributed by atoms with E-state index < -0.39 is 14.1 Å². The molecule has 3 nitrogen and oxygen atoms in total. The van der Waals surface area contributed by atoms with Gasteiger partial charge in [-0.3, -0.25) is 0 Å². The van der Waals surface area contributed by atoms with Crippen LogP contribution in [0.1, 0.15) is 0 Å². The molecule has 0 saturated heterocycles. The summed E-state index contributed by atoms with van der Waals surface area (Å²) in [5.41, 5.74) is 0. The second kappa shape index (κ2) is 11.6. The first-order chi connectivity index (χ1) is 20.0. The summed E-state index contributed by atoms with van der Waals surface area (Å²) in [5, 5.41) is 3.59. The van der Waals surface area contributed by atoms with Crippen LogP contribution in [0.15, 0.2) is 182 Å². The van der Waals surface area contributed by atoms with Crippen LogP contribution in [-0.2, 0) is 4.31 Å². The van der Waals surface area contributed by atoms with Crippen molar-refractivity contribution in [1.29, 1.82) is 0 Å². The average Bonchev–Trinajstić information content (AvgIpc) is 3.07. The van der Waals surface area contributed by atoms with E-state index in [4.69, 9.17) is 4.31 Å². The third-order valence-corrected chi connectivity index (χ3v) is 17.8. The number of rotatable bonds is 8. The molecule has 42 heavy (non-hydrogen) atoms. The zero-order valence-electron chi connectivity index (χ0n) is 22.9. The first kappa shape index (κ1) is 29.8. The van der Waals surface area contributed by atoms with E-state index in [9.17, 15) is 9.79 Å². The maximum absolute atomic E-state index is 14.1. The normalized spacial score (nSPS) is 13.5. The Morgan fingerprint density at radius 2 is 0.429 bits per heavy atom. The number of hydrogen-bond acceptors (Lipinski definition) is 3. The Kier molecular flexibility index (Phi) is 8.21. The SMILES string of the molecule is Cl.OP(OP(O)(c1ccccc1)(c1ccccc1)c1ccccc1)(c1ccccc1)(c1ccccc1)c1ccccc1. The van der Waals surface area contributed by atoms with E-state index in [1.807, 2.05) is 182 Å². The minimum atomic E-state index is -4.91. The van der Waals surface area contributed by atoms with Gasteiger partial charge in [0.15, 0.2) is 0 Å². The van der Waals surface area contributed by atoms with E-state index in [0.29, 0.717) is 31.8 Å². The molecule has 0 atom stereocenters. The van der Waals surface area contributed by atoms with Crippen LogP contribution in [0.2, 0.25) is 0 Å². The van der Waals surface area contributed by atoms with Gasteiger partial charge in [-0.25, -0.2) is 0 Å². The summed E-state index contributed by atoms with van der Waals surface area (Å²) < 4.78 is 7.69. The molecule has 6 rings (SSSR count). The molecular weight excluding hydrogens is 578 g/mol. The molecule has 0 unspecified atom stereocenters. The van der Waals surface area contributed by atoms with Gasteiger partial charge in [0.25, 0.3) is 0 Å². The summed E-state index contributed by atoms with van der Waals surface area (Å²) in [6, 6.07) is 57.2. The zero-order chi connectivity index (χ0) is 28.3. The van der Waals surface area contributed by atoms with Crippen LogP contribution in [-0.4, -0.2) is 9.79 Å². The molecule has 0 bridgehead atoms. The molecule has 6 aromatic carbocycles. The van der Waals surface area contributed by atoms with Crippen molar-refractivity contribution in [3.05, 3.63) is 182 Å². The first-order valence-electron chi connectivity index (χ1n) is 13.6. The molecule has 212 valence electrons. The third-order valence-electron chi connectivity index (χ3n) is 7.73. The molecule has 0 heterocycles. The molecule has 0 saturated carbocycles. The van der Waals surface area contributed by atoms with E-state index in [0.717, 1.165) is 0 Å². The van der Waals surface area contributed by atoms with Gasteiger partial charge in [0.2, 0.25) is 0 Å². The Balaban J connectivity index is 0.00000353. The molecule has 0 aliphatic carbocycles. The Labute approximate surface area is 253 Å². The fourth-order valence-electron chi connectivity index (χ4n) is 5.71. The number of benzene rings is 6. The fourth-order valence-corrected chi connectivity index (χ4v) is 16.6. The maximum atomic E-state index is 14.1. The fraction of sp³-hybridized carbons (Fsp3) is 0. The molecule has 0 amide bonds. The van der Waals surface area contributed by atoms with Crippen molar-refractivity contribution in [3.8, 4) is 0 Å². The van der Waals surface area contributed by atoms with Crippen LogP contribution in [0.3, 0.4) is 0 Å². The quantitative estimate of drug-likeness (QED) is 0.204. The Hall–Kier alpha value is -3.65. The second-order valence-electron chi connectivity index (χ2n) is 10.1. The van der Waals surface area contributed by atoms with Gasteiger partial charge in [0.1, 0.15) is 0 Å². The van der Waals surface area contributed by atoms with Crippen LogP contribution < -0.4 is 31.8 Å². The minimum absolute atomic E-state index is 0. The van der Waals surface area contributed by atoms with E-state index in [1.54, 1.807) is 0 Å². The predicted octanol–water partition coefficient (Wildman–Crippen LogP) is 6.13. The van der Waals surface area contributed by atoms with Crippen molar-refractivity contribution in [2.24, 2.45) is 0 Å². The summed E-state index contributed by atoms with van der Waals surface area (Å²) in [6.45, 7) is 0. The Bertz CT molecular complexity index is 1410. The van der Waals surface area contributed by atoms with Gasteiger partial charge in [-0.1, -0.05) is 0 Å². The zero-order valence-corrected chi connectivity index (χ0v) is 25.5. The van der Waals surface area contributed by atoms with Gasteiger partial charge in [0.05, 0.1) is 0 Å². The molecule has 0 fully saturated rings. The summed E-state index contributed by atoms with van der Waals surface area (Å²) in [4.78, 5) is 28.1. The first-order valence-corrected chi connectivity index (χ1v) is 17.8. The van der Waals surface area contributed by atoms with Gasteiger partial charge >= 0.3 is 242 Å². The predicted molar refractivity (Wildman–Crippen MR) is 183 cm³/mol. The van der Waals surface area contributed by atoms with Crippen molar-refractivity contribution in [2.75, 3.05) is 0 Å². The molecule has 0 aliphatic heterocycles. The van der Waals surface area contributed by atoms with Crippen molar-refractivity contribution in [2.45, 2.75) is 0 Å². The molecule has 0 aliphatic rings. The summed E-state index contributed by atoms with van der Waals surface area (Å²) in [7, 11) is -9.82. The molecule has 0 spiro atoms. The summed E-state index contributed by atoms with van der Waals surface area (Å²) >= 11 is 0. The molecule has 0 aromatic heterocycles. The summed E-state index contributed by atoms with van der Waals surface area (Å²) in [5.74, 6) is 0. The standard InChI is InChI=1S/C36H32O3P2.ClH/c37-40(31-19-7-1-8-20-31,32-21-9-2-10-22-32,33-23-11-3-12-24-33)39-41(38,34-25-13-4-14-26-34,35-27-15-5-16-28-35)36-29-17-6-18-30-36;/h1-30,37-38H;1H. The van der Waals surface area contributed by atoms with E-state index in [-0.39, 0.29) is 12.4 Å². The number of hydrogen-bond donors (Lipinski definition) is 2. The third kappa shape index (κ3) is 4.51. The van der Waals surface area contributed by atoms with E-state index in [1.165, 1.54) is 0 Å². The van der Waals surface area contributed by atoms with Crippen LogP contribution in [0.25, 0.3) is 0 Å². The van der Waals surface area contributed by atoms with Gasteiger partial charge in [-0.15, -0.1) is 12.4 Å². The van der Waals surface area contributed by atoms with E-state index >= 15 is 0 Å². The van der Waals surface area contributed by atoms with Gasteiger partial charge in [0, 0.05) is 0 Å². The monoisotopic (exact) mass is 610 g/mol. The summed E-state index contributed by atoms with van der Waals surface area (Å²) in [6.07, 6.45) is 0. The van der Waals surface area contributed by atoms with Crippen molar-refractivity contribution >= 4 is 58.3 Å². The topological polar surface area (TPSA) is 49.7 Å². The van der Waals surface area contributed by atoms with Crippen molar-refractivity contribution in [3.63, 3.8) is 0 Å². The van der Waals surface area contributed by atoms with Gasteiger partial charge < -0.3 is 0 Å². The van der Waals surface area contributed by atoms with E-state index in [2.05, 4.69) is 0 Å². The van der Waals surface area contributed by atoms with Gasteiger partial charge in [-0.05, 0) is 0 Å². The average molecular weight is 611 g/mol. The van der Waals surface area contributed by atoms with Crippen molar-refractivity contribution in [1.82, 2.24) is 0 Å². The Morgan fingerprint density at radius 3 is 0.571 bits per heavy atom. The van der Waals surface area contributed by atoms with Gasteiger partial charge in [-0.2, -0.15) is 0 Å². The molecule has 6 aromatic rings. The molecule has 2 N–H and O–H groups in total. The molecular formula is C36H33ClO3P2. The Morgan fingerprint density at radius 1 is 0.286 bits per heavy atom. The molecule has 0 radical (unpaired) electrons. The molecule has 6 heteroatoms. The van der Waals surface area contributed by atoms with Crippen LogP contribution in [0.5, 0.6) is 0 Å². The van der Waals surface area contributed by atoms with Crippen LogP contribution >= 0.6 is 26.5 Å².